The van der Waals surface area contributed by atoms with Crippen molar-refractivity contribution in [2.45, 2.75) is 25.6 Å². The van der Waals surface area contributed by atoms with Crippen LogP contribution in [0.5, 0.6) is 0 Å². The first kappa shape index (κ1) is 21.0. The van der Waals surface area contributed by atoms with Crippen molar-refractivity contribution in [2.75, 3.05) is 19.7 Å². The van der Waals surface area contributed by atoms with E-state index in [0.717, 1.165) is 19.6 Å². The lowest BCUT2D eigenvalue weighted by atomic mass is 9.98. The fourth-order valence-corrected chi connectivity index (χ4v) is 2.98. The molecule has 0 saturated carbocycles. The number of aliphatic hydroxyl groups is 1. The molecule has 27 heavy (non-hydrogen) atoms. The summed E-state index contributed by atoms with van der Waals surface area (Å²) in [5, 5.41) is 16.4. The van der Waals surface area contributed by atoms with E-state index in [2.05, 4.69) is 46.1 Å². The van der Waals surface area contributed by atoms with Gasteiger partial charge in [-0.3, -0.25) is 4.90 Å². The van der Waals surface area contributed by atoms with Gasteiger partial charge in [0.05, 0.1) is 0 Å². The first-order valence-electron chi connectivity index (χ1n) is 8.65. The van der Waals surface area contributed by atoms with Gasteiger partial charge in [-0.05, 0) is 55.1 Å². The molecule has 2 N–H and O–H groups in total. The van der Waals surface area contributed by atoms with Crippen LogP contribution in [0.1, 0.15) is 18.4 Å². The maximum absolute atomic E-state index is 10.6. The molecule has 2 aromatic rings. The highest BCUT2D eigenvalue weighted by atomic mass is 19.4. The molecule has 0 amide bonds. The van der Waals surface area contributed by atoms with Crippen molar-refractivity contribution >= 4 is 5.97 Å². The summed E-state index contributed by atoms with van der Waals surface area (Å²) in [6.45, 7) is 3.48. The lowest BCUT2D eigenvalue weighted by Crippen LogP contribution is -2.36. The number of carbonyl (C=O) groups is 1. The Kier molecular flexibility index (Phi) is 7.44. The van der Waals surface area contributed by atoms with Gasteiger partial charge in [-0.25, -0.2) is 4.79 Å². The minimum absolute atomic E-state index is 0.322. The van der Waals surface area contributed by atoms with E-state index >= 15 is 0 Å². The highest BCUT2D eigenvalue weighted by Gasteiger charge is 2.38. The van der Waals surface area contributed by atoms with Gasteiger partial charge < -0.3 is 14.8 Å². The summed E-state index contributed by atoms with van der Waals surface area (Å²) in [5.74, 6) is -2.30. The van der Waals surface area contributed by atoms with Crippen LogP contribution in [0.25, 0.3) is 5.69 Å². The van der Waals surface area contributed by atoms with Gasteiger partial charge in [0.25, 0.3) is 0 Å². The van der Waals surface area contributed by atoms with Crippen LogP contribution in [0, 0.1) is 5.92 Å². The normalized spacial score (nSPS) is 17.9. The zero-order valence-corrected chi connectivity index (χ0v) is 14.8. The molecule has 148 valence electrons. The lowest BCUT2D eigenvalue weighted by molar-refractivity contribution is -0.192. The second-order valence-corrected chi connectivity index (χ2v) is 6.49. The smallest absolute Gasteiger partial charge is 0.475 e. The molecule has 0 spiro atoms. The molecule has 0 bridgehead atoms. The van der Waals surface area contributed by atoms with Gasteiger partial charge in [0, 0.05) is 37.8 Å². The minimum Gasteiger partial charge on any atom is -0.475 e. The summed E-state index contributed by atoms with van der Waals surface area (Å²) in [6.07, 6.45) is 1.41. The van der Waals surface area contributed by atoms with Gasteiger partial charge in [-0.15, -0.1) is 0 Å². The van der Waals surface area contributed by atoms with Crippen molar-refractivity contribution in [3.8, 4) is 5.69 Å². The van der Waals surface area contributed by atoms with Gasteiger partial charge in [0.1, 0.15) is 0 Å². The first-order valence-corrected chi connectivity index (χ1v) is 8.65. The average molecular weight is 384 g/mol. The highest BCUT2D eigenvalue weighted by Crippen LogP contribution is 2.19. The van der Waals surface area contributed by atoms with E-state index in [1.54, 1.807) is 0 Å². The SMILES string of the molecule is O=C(O)C(F)(F)F.OCC1CCCN(Cc2ccc(-n3cccc3)cc2)C1. The number of aliphatic carboxylic acids is 1. The number of piperidine rings is 1. The number of halogens is 3. The molecule has 5 nitrogen and oxygen atoms in total. The number of hydrogen-bond donors (Lipinski definition) is 2. The number of aromatic nitrogens is 1. The number of nitrogens with zero attached hydrogens (tertiary/aromatic N) is 2. The van der Waals surface area contributed by atoms with Crippen LogP contribution in [-0.4, -0.2) is 51.5 Å². The Morgan fingerprint density at radius 3 is 2.26 bits per heavy atom. The maximum Gasteiger partial charge on any atom is 0.490 e. The van der Waals surface area contributed by atoms with Gasteiger partial charge in [-0.1, -0.05) is 12.1 Å². The number of carboxylic acids is 1. The Hall–Kier alpha value is -2.32. The van der Waals surface area contributed by atoms with Crippen molar-refractivity contribution in [3.05, 3.63) is 54.4 Å². The van der Waals surface area contributed by atoms with Crippen molar-refractivity contribution in [2.24, 2.45) is 5.92 Å². The Morgan fingerprint density at radius 2 is 1.74 bits per heavy atom. The van der Waals surface area contributed by atoms with Crippen LogP contribution >= 0.6 is 0 Å². The molecule has 1 saturated heterocycles. The molecule has 1 fully saturated rings. The highest BCUT2D eigenvalue weighted by molar-refractivity contribution is 5.73. The zero-order valence-electron chi connectivity index (χ0n) is 14.8. The number of alkyl halides is 3. The number of aliphatic hydroxyl groups excluding tert-OH is 1. The third-order valence-corrected chi connectivity index (χ3v) is 4.35. The molecule has 8 heteroatoms. The molecule has 1 atom stereocenters. The molecule has 3 rings (SSSR count). The molecule has 1 aromatic carbocycles. The molecule has 0 aliphatic carbocycles. The zero-order chi connectivity index (χ0) is 19.9. The van der Waals surface area contributed by atoms with E-state index in [1.165, 1.54) is 24.1 Å². The Bertz CT molecular complexity index is 700. The largest absolute Gasteiger partial charge is 0.490 e. The fourth-order valence-electron chi connectivity index (χ4n) is 2.98. The van der Waals surface area contributed by atoms with E-state index in [1.807, 2.05) is 12.1 Å². The third-order valence-electron chi connectivity index (χ3n) is 4.35. The van der Waals surface area contributed by atoms with E-state index in [4.69, 9.17) is 9.90 Å². The Balaban J connectivity index is 0.000000321. The molecular formula is C19H23F3N2O3. The van der Waals surface area contributed by atoms with Crippen LogP contribution in [0.2, 0.25) is 0 Å². The van der Waals surface area contributed by atoms with E-state index < -0.39 is 12.1 Å². The molecule has 1 aliphatic rings. The Morgan fingerprint density at radius 1 is 1.15 bits per heavy atom. The summed E-state index contributed by atoms with van der Waals surface area (Å²) in [5.41, 5.74) is 2.55. The van der Waals surface area contributed by atoms with E-state index in [0.29, 0.717) is 12.5 Å². The number of likely N-dealkylation sites (tertiary alicyclic amines) is 1. The number of benzene rings is 1. The fraction of sp³-hybridized carbons (Fsp3) is 0.421. The number of carboxylic acid groups (broad SMARTS) is 1. The monoisotopic (exact) mass is 384 g/mol. The average Bonchev–Trinajstić information content (AvgIpc) is 3.17. The molecular weight excluding hydrogens is 361 g/mol. The molecule has 2 heterocycles. The molecule has 1 aromatic heterocycles. The summed E-state index contributed by atoms with van der Waals surface area (Å²) >= 11 is 0. The summed E-state index contributed by atoms with van der Waals surface area (Å²) < 4.78 is 33.9. The molecule has 0 radical (unpaired) electrons. The number of rotatable bonds is 4. The predicted octanol–water partition coefficient (Wildman–Crippen LogP) is 3.31. The minimum atomic E-state index is -5.08. The van der Waals surface area contributed by atoms with Crippen molar-refractivity contribution in [3.63, 3.8) is 0 Å². The van der Waals surface area contributed by atoms with Crippen molar-refractivity contribution in [1.29, 1.82) is 0 Å². The van der Waals surface area contributed by atoms with Gasteiger partial charge >= 0.3 is 12.1 Å². The van der Waals surface area contributed by atoms with Crippen molar-refractivity contribution < 1.29 is 28.2 Å². The van der Waals surface area contributed by atoms with Gasteiger partial charge in [0.15, 0.2) is 0 Å². The summed E-state index contributed by atoms with van der Waals surface area (Å²) in [4.78, 5) is 11.3. The summed E-state index contributed by atoms with van der Waals surface area (Å²) in [7, 11) is 0. The third kappa shape index (κ3) is 6.73. The van der Waals surface area contributed by atoms with E-state index in [9.17, 15) is 18.3 Å². The van der Waals surface area contributed by atoms with Crippen LogP contribution in [-0.2, 0) is 11.3 Å². The standard InChI is InChI=1S/C17H22N2O.C2HF3O2/c20-14-16-4-3-9-18(13-16)12-15-5-7-17(8-6-15)19-10-1-2-11-19;3-2(4,5)1(6)7/h1-2,5-8,10-11,16,20H,3-4,9,12-14H2;(H,6,7). The van der Waals surface area contributed by atoms with Crippen LogP contribution in [0.4, 0.5) is 13.2 Å². The van der Waals surface area contributed by atoms with Crippen LogP contribution in [0.15, 0.2) is 48.8 Å². The second-order valence-electron chi connectivity index (χ2n) is 6.49. The van der Waals surface area contributed by atoms with Crippen LogP contribution in [0.3, 0.4) is 0 Å². The van der Waals surface area contributed by atoms with Gasteiger partial charge in [-0.2, -0.15) is 13.2 Å². The molecule has 1 unspecified atom stereocenters. The first-order chi connectivity index (χ1) is 12.8. The van der Waals surface area contributed by atoms with Crippen LogP contribution < -0.4 is 0 Å². The molecule has 1 aliphatic heterocycles. The Labute approximate surface area is 155 Å². The van der Waals surface area contributed by atoms with Crippen molar-refractivity contribution in [1.82, 2.24) is 9.47 Å². The maximum atomic E-state index is 10.6. The predicted molar refractivity (Wildman–Crippen MR) is 94.5 cm³/mol. The number of hydrogen-bond acceptors (Lipinski definition) is 3. The van der Waals surface area contributed by atoms with E-state index in [-0.39, 0.29) is 0 Å². The van der Waals surface area contributed by atoms with Gasteiger partial charge in [0.2, 0.25) is 0 Å². The lowest BCUT2D eigenvalue weighted by Gasteiger charge is -2.31. The quantitative estimate of drug-likeness (QED) is 0.849. The summed E-state index contributed by atoms with van der Waals surface area (Å²) in [6, 6.07) is 12.8. The second kappa shape index (κ2) is 9.57. The topological polar surface area (TPSA) is 65.7 Å².